The van der Waals surface area contributed by atoms with Gasteiger partial charge in [-0.3, -0.25) is 9.79 Å². The second-order valence-corrected chi connectivity index (χ2v) is 6.29. The van der Waals surface area contributed by atoms with Gasteiger partial charge in [0, 0.05) is 17.0 Å². The first-order chi connectivity index (χ1) is 11.7. The lowest BCUT2D eigenvalue weighted by atomic mass is 10.1. The zero-order valence-electron chi connectivity index (χ0n) is 13.6. The Morgan fingerprint density at radius 2 is 1.88 bits per heavy atom. The molecular weight excluding hydrogens is 407 g/mol. The number of thioether (sulfide) groups is 1. The first kappa shape index (κ1) is 19.5. The van der Waals surface area contributed by atoms with Gasteiger partial charge in [-0.25, -0.2) is 4.39 Å². The maximum atomic E-state index is 13.0. The van der Waals surface area contributed by atoms with E-state index < -0.39 is 0 Å². The van der Waals surface area contributed by atoms with Crippen LogP contribution in [0.5, 0.6) is 5.75 Å². The monoisotopic (exact) mass is 424 g/mol. The Hall–Kier alpha value is -1.86. The van der Waals surface area contributed by atoms with Crippen LogP contribution >= 0.6 is 28.7 Å². The van der Waals surface area contributed by atoms with E-state index >= 15 is 0 Å². The number of carbonyl (C=O) groups is 1. The van der Waals surface area contributed by atoms with Gasteiger partial charge in [0.2, 0.25) is 0 Å². The molecule has 0 aromatic heterocycles. The van der Waals surface area contributed by atoms with E-state index in [1.807, 2.05) is 29.2 Å². The molecule has 0 amide bonds. The van der Waals surface area contributed by atoms with Crippen LogP contribution in [0.2, 0.25) is 0 Å². The third-order valence-corrected chi connectivity index (χ3v) is 4.65. The van der Waals surface area contributed by atoms with E-state index in [1.54, 1.807) is 18.9 Å². The van der Waals surface area contributed by atoms with Gasteiger partial charge in [-0.15, -0.1) is 17.0 Å². The number of Topliss-reactive ketones (excluding diaryl/α,β-unsaturated/α-hetero) is 1. The number of anilines is 1. The summed E-state index contributed by atoms with van der Waals surface area (Å²) in [6, 6.07) is 13.1. The Balaban J connectivity index is 0.00000225. The third kappa shape index (κ3) is 4.83. The van der Waals surface area contributed by atoms with Crippen molar-refractivity contribution in [3.8, 4) is 5.75 Å². The molecule has 2 aromatic carbocycles. The minimum Gasteiger partial charge on any atom is -0.497 e. The number of hydrogen-bond acceptors (Lipinski definition) is 5. The van der Waals surface area contributed by atoms with Crippen molar-refractivity contribution in [3.05, 3.63) is 59.9 Å². The maximum absolute atomic E-state index is 13.0. The maximum Gasteiger partial charge on any atom is 0.182 e. The van der Waals surface area contributed by atoms with E-state index in [1.165, 1.54) is 24.3 Å². The zero-order valence-corrected chi connectivity index (χ0v) is 16.2. The smallest absolute Gasteiger partial charge is 0.182 e. The molecule has 1 aliphatic heterocycles. The van der Waals surface area contributed by atoms with Crippen molar-refractivity contribution in [3.63, 3.8) is 0 Å². The molecule has 0 radical (unpaired) electrons. The number of carbonyl (C=O) groups excluding carboxylic acids is 1. The lowest BCUT2D eigenvalue weighted by Gasteiger charge is -2.23. The number of rotatable bonds is 5. The van der Waals surface area contributed by atoms with Crippen molar-refractivity contribution < 1.29 is 13.9 Å². The summed E-state index contributed by atoms with van der Waals surface area (Å²) in [5.74, 6) is 1.23. The molecular formula is C18H18BrFN2O2S. The van der Waals surface area contributed by atoms with Gasteiger partial charge >= 0.3 is 0 Å². The predicted molar refractivity (Wildman–Crippen MR) is 106 cm³/mol. The Labute approximate surface area is 160 Å². The molecule has 1 aliphatic rings. The minimum atomic E-state index is -0.353. The number of ketones is 1. The molecule has 3 rings (SSSR count). The summed E-state index contributed by atoms with van der Waals surface area (Å²) in [7, 11) is 1.61. The Bertz CT molecular complexity index is 751. The summed E-state index contributed by atoms with van der Waals surface area (Å²) in [6.07, 6.45) is 0. The summed E-state index contributed by atoms with van der Waals surface area (Å²) in [4.78, 5) is 18.9. The molecule has 0 saturated heterocycles. The molecule has 0 N–H and O–H groups in total. The van der Waals surface area contributed by atoms with Crippen LogP contribution in [0.3, 0.4) is 0 Å². The van der Waals surface area contributed by atoms with Crippen LogP contribution in [0.1, 0.15) is 10.4 Å². The first-order valence-corrected chi connectivity index (χ1v) is 8.53. The van der Waals surface area contributed by atoms with Crippen molar-refractivity contribution in [2.45, 2.75) is 0 Å². The molecule has 7 heteroatoms. The largest absolute Gasteiger partial charge is 0.497 e. The highest BCUT2D eigenvalue weighted by Gasteiger charge is 2.21. The fourth-order valence-corrected chi connectivity index (χ4v) is 3.26. The number of nitrogens with zero attached hydrogens (tertiary/aromatic N) is 2. The number of halogens is 2. The van der Waals surface area contributed by atoms with Gasteiger partial charge in [-0.2, -0.15) is 0 Å². The second-order valence-electron chi connectivity index (χ2n) is 5.23. The standard InChI is InChI=1S/C18H17FN2O2S.BrH/c1-23-16-8-6-15(7-9-16)21(18-20-10-11-24-18)12-17(22)13-2-4-14(19)5-3-13;/h2-9H,10-12H2,1H3;1H. The average Bonchev–Trinajstić information content (AvgIpc) is 3.14. The van der Waals surface area contributed by atoms with Gasteiger partial charge in [0.1, 0.15) is 11.6 Å². The SMILES string of the molecule is Br.COc1ccc(N(CC(=O)c2ccc(F)cc2)C2=NCCS2)cc1. The molecule has 25 heavy (non-hydrogen) atoms. The molecule has 0 spiro atoms. The fourth-order valence-electron chi connectivity index (χ4n) is 2.39. The average molecular weight is 425 g/mol. The number of methoxy groups -OCH3 is 1. The van der Waals surface area contributed by atoms with Crippen molar-refractivity contribution >= 4 is 45.4 Å². The number of ether oxygens (including phenoxy) is 1. The van der Waals surface area contributed by atoms with Gasteiger partial charge in [0.15, 0.2) is 11.0 Å². The van der Waals surface area contributed by atoms with E-state index in [0.717, 1.165) is 28.9 Å². The van der Waals surface area contributed by atoms with Crippen LogP contribution in [0.25, 0.3) is 0 Å². The third-order valence-electron chi connectivity index (χ3n) is 3.65. The number of hydrogen-bond donors (Lipinski definition) is 0. The first-order valence-electron chi connectivity index (χ1n) is 7.55. The van der Waals surface area contributed by atoms with Crippen LogP contribution in [0.15, 0.2) is 53.5 Å². The summed E-state index contributed by atoms with van der Waals surface area (Å²) in [5.41, 5.74) is 1.36. The van der Waals surface area contributed by atoms with Gasteiger partial charge in [-0.05, 0) is 48.5 Å². The lowest BCUT2D eigenvalue weighted by molar-refractivity contribution is 0.100. The molecule has 132 valence electrons. The fraction of sp³-hybridized carbons (Fsp3) is 0.222. The van der Waals surface area contributed by atoms with Crippen molar-refractivity contribution in [2.24, 2.45) is 4.99 Å². The summed E-state index contributed by atoms with van der Waals surface area (Å²) in [5, 5.41) is 0.829. The van der Waals surface area contributed by atoms with Gasteiger partial charge < -0.3 is 9.64 Å². The predicted octanol–water partition coefficient (Wildman–Crippen LogP) is 4.20. The van der Waals surface area contributed by atoms with E-state index in [-0.39, 0.29) is 35.1 Å². The molecule has 0 atom stereocenters. The summed E-state index contributed by atoms with van der Waals surface area (Å²) in [6.45, 7) is 0.904. The molecule has 0 unspecified atom stereocenters. The Kier molecular flexibility index (Phi) is 7.01. The second kappa shape index (κ2) is 9.01. The van der Waals surface area contributed by atoms with E-state index in [4.69, 9.17) is 4.74 Å². The lowest BCUT2D eigenvalue weighted by Crippen LogP contribution is -2.33. The number of amidine groups is 1. The van der Waals surface area contributed by atoms with Crippen LogP contribution in [-0.2, 0) is 0 Å². The number of aliphatic imine (C=N–C) groups is 1. The van der Waals surface area contributed by atoms with Crippen LogP contribution in [0.4, 0.5) is 10.1 Å². The van der Waals surface area contributed by atoms with Crippen molar-refractivity contribution in [1.29, 1.82) is 0 Å². The molecule has 0 fully saturated rings. The zero-order chi connectivity index (χ0) is 16.9. The van der Waals surface area contributed by atoms with Gasteiger partial charge in [-0.1, -0.05) is 11.8 Å². The highest BCUT2D eigenvalue weighted by atomic mass is 79.9. The van der Waals surface area contributed by atoms with E-state index in [2.05, 4.69) is 4.99 Å². The summed E-state index contributed by atoms with van der Waals surface area (Å²) < 4.78 is 18.2. The normalized spacial score (nSPS) is 13.0. The van der Waals surface area contributed by atoms with Crippen LogP contribution in [-0.4, -0.2) is 36.9 Å². The molecule has 2 aromatic rings. The Morgan fingerprint density at radius 1 is 1.20 bits per heavy atom. The number of benzene rings is 2. The van der Waals surface area contributed by atoms with Gasteiger partial charge in [0.05, 0.1) is 20.2 Å². The quantitative estimate of drug-likeness (QED) is 0.674. The van der Waals surface area contributed by atoms with E-state index in [0.29, 0.717) is 5.56 Å². The van der Waals surface area contributed by atoms with Gasteiger partial charge in [0.25, 0.3) is 0 Å². The van der Waals surface area contributed by atoms with Crippen LogP contribution < -0.4 is 9.64 Å². The molecule has 4 nitrogen and oxygen atoms in total. The summed E-state index contributed by atoms with van der Waals surface area (Å²) >= 11 is 1.63. The van der Waals surface area contributed by atoms with Crippen LogP contribution in [0, 0.1) is 5.82 Å². The molecule has 0 aliphatic carbocycles. The van der Waals surface area contributed by atoms with Crippen molar-refractivity contribution in [2.75, 3.05) is 30.9 Å². The van der Waals surface area contributed by atoms with E-state index in [9.17, 15) is 9.18 Å². The van der Waals surface area contributed by atoms with Crippen molar-refractivity contribution in [1.82, 2.24) is 0 Å². The highest BCUT2D eigenvalue weighted by Crippen LogP contribution is 2.25. The minimum absolute atomic E-state index is 0. The molecule has 0 saturated carbocycles. The highest BCUT2D eigenvalue weighted by molar-refractivity contribution is 8.93. The molecule has 0 bridgehead atoms. The molecule has 1 heterocycles. The Morgan fingerprint density at radius 3 is 2.44 bits per heavy atom. The topological polar surface area (TPSA) is 41.9 Å².